The largest absolute Gasteiger partial charge is 0.447 e. The van der Waals surface area contributed by atoms with Gasteiger partial charge in [-0.1, -0.05) is 12.1 Å². The Kier molecular flexibility index (Phi) is 5.28. The molecular weight excluding hydrogens is 213 g/mol. The molecule has 0 heterocycles. The Balaban J connectivity index is 2.07. The number of halogens is 1. The van der Waals surface area contributed by atoms with Crippen molar-refractivity contribution in [3.8, 4) is 0 Å². The Morgan fingerprint density at radius 3 is 2.50 bits per heavy atom. The van der Waals surface area contributed by atoms with Crippen molar-refractivity contribution in [2.75, 3.05) is 19.8 Å². The van der Waals surface area contributed by atoms with E-state index in [0.717, 1.165) is 5.56 Å². The van der Waals surface area contributed by atoms with Crippen LogP contribution in [0.15, 0.2) is 24.3 Å². The Morgan fingerprint density at radius 1 is 1.19 bits per heavy atom. The van der Waals surface area contributed by atoms with Crippen LogP contribution in [0.1, 0.15) is 5.56 Å². The zero-order chi connectivity index (χ0) is 11.8. The summed E-state index contributed by atoms with van der Waals surface area (Å²) in [5, 5.41) is 0. The number of carbonyl (C=O) groups is 1. The maximum Gasteiger partial charge on any atom is 0.404 e. The second kappa shape index (κ2) is 6.79. The van der Waals surface area contributed by atoms with Crippen molar-refractivity contribution in [2.24, 2.45) is 5.73 Å². The summed E-state index contributed by atoms with van der Waals surface area (Å²) in [6.45, 7) is 0.955. The third kappa shape index (κ3) is 5.31. The Bertz CT molecular complexity index is 327. The highest BCUT2D eigenvalue weighted by Crippen LogP contribution is 2.03. The maximum absolute atomic E-state index is 12.6. The van der Waals surface area contributed by atoms with E-state index in [0.29, 0.717) is 19.6 Å². The fraction of sp³-hybridized carbons (Fsp3) is 0.364. The van der Waals surface area contributed by atoms with Gasteiger partial charge in [-0.3, -0.25) is 0 Å². The van der Waals surface area contributed by atoms with Crippen molar-refractivity contribution in [3.05, 3.63) is 35.6 Å². The van der Waals surface area contributed by atoms with Crippen LogP contribution in [0.5, 0.6) is 0 Å². The fourth-order valence-electron chi connectivity index (χ4n) is 1.14. The number of hydrogen-bond donors (Lipinski definition) is 1. The number of primary amides is 1. The highest BCUT2D eigenvalue weighted by atomic mass is 19.1. The molecule has 1 amide bonds. The molecule has 1 aromatic carbocycles. The van der Waals surface area contributed by atoms with Crippen molar-refractivity contribution in [3.63, 3.8) is 0 Å². The SMILES string of the molecule is NC(=O)OCCOCCc1ccc(F)cc1. The molecule has 0 atom stereocenters. The monoisotopic (exact) mass is 227 g/mol. The summed E-state index contributed by atoms with van der Waals surface area (Å²) in [7, 11) is 0. The molecule has 0 aliphatic heterocycles. The highest BCUT2D eigenvalue weighted by Gasteiger charge is 1.96. The Hall–Kier alpha value is -1.62. The smallest absolute Gasteiger partial charge is 0.404 e. The molecule has 0 aromatic heterocycles. The van der Waals surface area contributed by atoms with Crippen LogP contribution in [0.2, 0.25) is 0 Å². The highest BCUT2D eigenvalue weighted by molar-refractivity contribution is 5.64. The molecule has 5 heteroatoms. The first kappa shape index (κ1) is 12.4. The lowest BCUT2D eigenvalue weighted by Gasteiger charge is -2.04. The molecule has 16 heavy (non-hydrogen) atoms. The maximum atomic E-state index is 12.6. The number of carbonyl (C=O) groups excluding carboxylic acids is 1. The van der Waals surface area contributed by atoms with E-state index in [9.17, 15) is 9.18 Å². The predicted octanol–water partition coefficient (Wildman–Crippen LogP) is 1.48. The summed E-state index contributed by atoms with van der Waals surface area (Å²) in [5.74, 6) is -0.250. The molecule has 88 valence electrons. The van der Waals surface area contributed by atoms with Crippen LogP contribution in [0.3, 0.4) is 0 Å². The van der Waals surface area contributed by atoms with Gasteiger partial charge in [0.25, 0.3) is 0 Å². The van der Waals surface area contributed by atoms with Crippen molar-refractivity contribution in [1.29, 1.82) is 0 Å². The Labute approximate surface area is 93.2 Å². The van der Waals surface area contributed by atoms with Gasteiger partial charge in [-0.25, -0.2) is 9.18 Å². The van der Waals surface area contributed by atoms with Gasteiger partial charge in [-0.2, -0.15) is 0 Å². The number of rotatable bonds is 6. The van der Waals surface area contributed by atoms with Crippen LogP contribution in [0, 0.1) is 5.82 Å². The first-order valence-electron chi connectivity index (χ1n) is 4.93. The molecule has 0 bridgehead atoms. The van der Waals surface area contributed by atoms with E-state index in [4.69, 9.17) is 10.5 Å². The molecule has 0 fully saturated rings. The minimum absolute atomic E-state index is 0.152. The summed E-state index contributed by atoms with van der Waals surface area (Å²) in [5.41, 5.74) is 5.76. The quantitative estimate of drug-likeness (QED) is 0.749. The van der Waals surface area contributed by atoms with Crippen LogP contribution < -0.4 is 5.73 Å². The molecule has 1 aromatic rings. The minimum Gasteiger partial charge on any atom is -0.447 e. The predicted molar refractivity (Wildman–Crippen MR) is 56.5 cm³/mol. The molecule has 0 aliphatic rings. The molecule has 1 rings (SSSR count). The van der Waals surface area contributed by atoms with E-state index >= 15 is 0 Å². The standard InChI is InChI=1S/C11H14FNO3/c12-10-3-1-9(2-4-10)5-6-15-7-8-16-11(13)14/h1-4H,5-8H2,(H2,13,14). The molecule has 0 saturated carbocycles. The topological polar surface area (TPSA) is 61.6 Å². The second-order valence-electron chi connectivity index (χ2n) is 3.16. The number of hydrogen-bond acceptors (Lipinski definition) is 3. The number of nitrogens with two attached hydrogens (primary N) is 1. The van der Waals surface area contributed by atoms with Crippen LogP contribution in [-0.2, 0) is 15.9 Å². The van der Waals surface area contributed by atoms with Crippen LogP contribution in [0.4, 0.5) is 9.18 Å². The molecule has 2 N–H and O–H groups in total. The van der Waals surface area contributed by atoms with Gasteiger partial charge in [0.1, 0.15) is 12.4 Å². The molecule has 0 radical (unpaired) electrons. The van der Waals surface area contributed by atoms with Gasteiger partial charge in [-0.05, 0) is 24.1 Å². The lowest BCUT2D eigenvalue weighted by Crippen LogP contribution is -2.16. The van der Waals surface area contributed by atoms with E-state index < -0.39 is 6.09 Å². The molecule has 0 saturated heterocycles. The van der Waals surface area contributed by atoms with E-state index in [1.165, 1.54) is 12.1 Å². The van der Waals surface area contributed by atoms with Gasteiger partial charge < -0.3 is 15.2 Å². The van der Waals surface area contributed by atoms with Crippen LogP contribution in [0.25, 0.3) is 0 Å². The molecule has 4 nitrogen and oxygen atoms in total. The summed E-state index contributed by atoms with van der Waals surface area (Å²) in [4.78, 5) is 10.2. The number of ether oxygens (including phenoxy) is 2. The van der Waals surface area contributed by atoms with Crippen molar-refractivity contribution in [1.82, 2.24) is 0 Å². The van der Waals surface area contributed by atoms with Crippen molar-refractivity contribution < 1.29 is 18.7 Å². The third-order valence-electron chi connectivity index (χ3n) is 1.92. The van der Waals surface area contributed by atoms with E-state index in [1.54, 1.807) is 12.1 Å². The van der Waals surface area contributed by atoms with Gasteiger partial charge in [-0.15, -0.1) is 0 Å². The summed E-state index contributed by atoms with van der Waals surface area (Å²) < 4.78 is 22.2. The average molecular weight is 227 g/mol. The van der Waals surface area contributed by atoms with E-state index in [1.807, 2.05) is 0 Å². The third-order valence-corrected chi connectivity index (χ3v) is 1.92. The fourth-order valence-corrected chi connectivity index (χ4v) is 1.14. The van der Waals surface area contributed by atoms with Gasteiger partial charge >= 0.3 is 6.09 Å². The Morgan fingerprint density at radius 2 is 1.88 bits per heavy atom. The molecule has 0 spiro atoms. The summed E-state index contributed by atoms with van der Waals surface area (Å²) in [6, 6.07) is 6.23. The van der Waals surface area contributed by atoms with Gasteiger partial charge in [0.05, 0.1) is 13.2 Å². The zero-order valence-corrected chi connectivity index (χ0v) is 8.82. The van der Waals surface area contributed by atoms with Gasteiger partial charge in [0.2, 0.25) is 0 Å². The van der Waals surface area contributed by atoms with Gasteiger partial charge in [0, 0.05) is 0 Å². The molecule has 0 unspecified atom stereocenters. The second-order valence-corrected chi connectivity index (χ2v) is 3.16. The zero-order valence-electron chi connectivity index (χ0n) is 8.82. The molecule has 0 aliphatic carbocycles. The van der Waals surface area contributed by atoms with Crippen molar-refractivity contribution in [2.45, 2.75) is 6.42 Å². The van der Waals surface area contributed by atoms with Crippen LogP contribution >= 0.6 is 0 Å². The average Bonchev–Trinajstić information content (AvgIpc) is 2.25. The minimum atomic E-state index is -0.804. The first-order chi connectivity index (χ1) is 7.68. The number of benzene rings is 1. The van der Waals surface area contributed by atoms with Crippen LogP contribution in [-0.4, -0.2) is 25.9 Å². The lowest BCUT2D eigenvalue weighted by atomic mass is 10.2. The van der Waals surface area contributed by atoms with E-state index in [2.05, 4.69) is 4.74 Å². The van der Waals surface area contributed by atoms with E-state index in [-0.39, 0.29) is 12.4 Å². The lowest BCUT2D eigenvalue weighted by molar-refractivity contribution is 0.0780. The van der Waals surface area contributed by atoms with Gasteiger partial charge in [0.15, 0.2) is 0 Å². The first-order valence-corrected chi connectivity index (χ1v) is 4.93. The molecular formula is C11H14FNO3. The summed E-state index contributed by atoms with van der Waals surface area (Å²) >= 11 is 0. The van der Waals surface area contributed by atoms with Crippen molar-refractivity contribution >= 4 is 6.09 Å². The normalized spacial score (nSPS) is 10.1. The number of amides is 1. The summed E-state index contributed by atoms with van der Waals surface area (Å²) in [6.07, 6.45) is -0.112.